The average Bonchev–Trinajstić information content (AvgIpc) is 2.86. The highest BCUT2D eigenvalue weighted by Gasteiger charge is 2.16. The van der Waals surface area contributed by atoms with Crippen molar-refractivity contribution in [3.05, 3.63) is 89.5 Å². The molecule has 7 nitrogen and oxygen atoms in total. The minimum absolute atomic E-state index is 0.0424. The first-order chi connectivity index (χ1) is 17.5. The minimum Gasteiger partial charge on any atom is -0.491 e. The Balaban J connectivity index is 2.11. The molecule has 0 unspecified atom stereocenters. The molecular weight excluding hydrogens is 512 g/mol. The summed E-state index contributed by atoms with van der Waals surface area (Å²) in [5.74, 6) is 0.662. The number of ether oxygens (including phenoxy) is 2. The standard InChI is InChI=1S/C28H32O7S2/c1-4-27(23-6-5-7-24(20-23)35-19-18-34-17-16-29)28(21-8-12-25(13-9-21)36(2,30)31)22-10-14-26(15-11-22)37(3,32)33/h5-15,20,29H,4,16-19H2,1-3H3. The van der Waals surface area contributed by atoms with E-state index in [9.17, 15) is 16.8 Å². The zero-order valence-corrected chi connectivity index (χ0v) is 22.8. The predicted molar refractivity (Wildman–Crippen MR) is 145 cm³/mol. The van der Waals surface area contributed by atoms with Crippen molar-refractivity contribution in [2.75, 3.05) is 38.9 Å². The minimum atomic E-state index is -3.35. The van der Waals surface area contributed by atoms with Gasteiger partial charge in [-0.1, -0.05) is 43.3 Å². The van der Waals surface area contributed by atoms with Gasteiger partial charge in [0.1, 0.15) is 12.4 Å². The van der Waals surface area contributed by atoms with E-state index < -0.39 is 19.7 Å². The van der Waals surface area contributed by atoms with Gasteiger partial charge in [-0.05, 0) is 70.7 Å². The second-order valence-electron chi connectivity index (χ2n) is 8.51. The topological polar surface area (TPSA) is 107 Å². The monoisotopic (exact) mass is 544 g/mol. The predicted octanol–water partition coefficient (Wildman–Crippen LogP) is 4.25. The van der Waals surface area contributed by atoms with E-state index in [0.29, 0.717) is 25.4 Å². The summed E-state index contributed by atoms with van der Waals surface area (Å²) in [6, 6.07) is 21.0. The van der Waals surface area contributed by atoms with Crippen LogP contribution in [-0.2, 0) is 24.4 Å². The Bertz CT molecular complexity index is 1360. The number of aliphatic hydroxyl groups excluding tert-OH is 1. The molecule has 0 aromatic heterocycles. The van der Waals surface area contributed by atoms with Gasteiger partial charge in [0, 0.05) is 12.5 Å². The molecule has 3 aromatic carbocycles. The molecule has 0 bridgehead atoms. The highest BCUT2D eigenvalue weighted by atomic mass is 32.2. The van der Waals surface area contributed by atoms with Crippen LogP contribution in [0.15, 0.2) is 82.6 Å². The van der Waals surface area contributed by atoms with Gasteiger partial charge in [-0.25, -0.2) is 16.8 Å². The lowest BCUT2D eigenvalue weighted by Crippen LogP contribution is -2.09. The molecule has 3 rings (SSSR count). The maximum Gasteiger partial charge on any atom is 0.175 e. The summed E-state index contributed by atoms with van der Waals surface area (Å²) < 4.78 is 59.1. The van der Waals surface area contributed by atoms with Crippen LogP contribution in [0.2, 0.25) is 0 Å². The molecular formula is C28H32O7S2. The Labute approximate surface area is 219 Å². The van der Waals surface area contributed by atoms with E-state index in [2.05, 4.69) is 0 Å². The zero-order valence-electron chi connectivity index (χ0n) is 21.2. The van der Waals surface area contributed by atoms with E-state index >= 15 is 0 Å². The van der Waals surface area contributed by atoms with Gasteiger partial charge >= 0.3 is 0 Å². The van der Waals surface area contributed by atoms with Crippen LogP contribution in [0.3, 0.4) is 0 Å². The second kappa shape index (κ2) is 12.5. The van der Waals surface area contributed by atoms with Crippen LogP contribution in [0.5, 0.6) is 5.75 Å². The molecule has 0 aliphatic rings. The first-order valence-corrected chi connectivity index (χ1v) is 15.6. The van der Waals surface area contributed by atoms with Gasteiger partial charge < -0.3 is 14.6 Å². The van der Waals surface area contributed by atoms with Crippen molar-refractivity contribution in [3.8, 4) is 5.75 Å². The number of sulfone groups is 2. The first-order valence-electron chi connectivity index (χ1n) is 11.8. The molecule has 0 aliphatic heterocycles. The van der Waals surface area contributed by atoms with Crippen LogP contribution in [-0.4, -0.2) is 60.9 Å². The Morgan fingerprint density at radius 2 is 1.27 bits per heavy atom. The maximum atomic E-state index is 12.0. The van der Waals surface area contributed by atoms with Crippen molar-refractivity contribution in [3.63, 3.8) is 0 Å². The number of benzene rings is 3. The van der Waals surface area contributed by atoms with Gasteiger partial charge in [-0.2, -0.15) is 0 Å². The molecule has 3 aromatic rings. The van der Waals surface area contributed by atoms with Crippen LogP contribution in [0.1, 0.15) is 30.0 Å². The first kappa shape index (κ1) is 28.6. The molecule has 9 heteroatoms. The lowest BCUT2D eigenvalue weighted by Gasteiger charge is -2.18. The summed E-state index contributed by atoms with van der Waals surface area (Å²) in [6.07, 6.45) is 2.99. The van der Waals surface area contributed by atoms with Crippen LogP contribution >= 0.6 is 0 Å². The summed E-state index contributed by atoms with van der Waals surface area (Å²) in [4.78, 5) is 0.444. The van der Waals surface area contributed by atoms with Crippen molar-refractivity contribution in [1.29, 1.82) is 0 Å². The fourth-order valence-electron chi connectivity index (χ4n) is 3.94. The van der Waals surface area contributed by atoms with Crippen molar-refractivity contribution in [2.45, 2.75) is 23.1 Å². The summed E-state index contributed by atoms with van der Waals surface area (Å²) >= 11 is 0. The molecule has 1 N–H and O–H groups in total. The molecule has 0 aliphatic carbocycles. The van der Waals surface area contributed by atoms with E-state index in [-0.39, 0.29) is 23.0 Å². The normalized spacial score (nSPS) is 11.8. The lowest BCUT2D eigenvalue weighted by molar-refractivity contribution is 0.0705. The molecule has 37 heavy (non-hydrogen) atoms. The zero-order chi connectivity index (χ0) is 27.1. The maximum absolute atomic E-state index is 12.0. The highest BCUT2D eigenvalue weighted by molar-refractivity contribution is 7.91. The SMILES string of the molecule is CCC(=C(c1ccc(S(C)(=O)=O)cc1)c1ccc(S(C)(=O)=O)cc1)c1cccc(OCCOCCO)c1. The number of allylic oxidation sites excluding steroid dienone is 1. The van der Waals surface area contributed by atoms with Gasteiger partial charge in [0.25, 0.3) is 0 Å². The number of rotatable bonds is 12. The summed E-state index contributed by atoms with van der Waals surface area (Å²) in [6.45, 7) is 2.93. The molecule has 0 amide bonds. The van der Waals surface area contributed by atoms with Crippen LogP contribution in [0.4, 0.5) is 0 Å². The second-order valence-corrected chi connectivity index (χ2v) is 12.5. The molecule has 0 saturated heterocycles. The molecule has 0 heterocycles. The van der Waals surface area contributed by atoms with Crippen LogP contribution in [0, 0.1) is 0 Å². The van der Waals surface area contributed by atoms with Crippen LogP contribution < -0.4 is 4.74 Å². The quantitative estimate of drug-likeness (QED) is 0.268. The molecule has 0 atom stereocenters. The fourth-order valence-corrected chi connectivity index (χ4v) is 5.20. The van der Waals surface area contributed by atoms with Crippen molar-refractivity contribution >= 4 is 30.8 Å². The van der Waals surface area contributed by atoms with Crippen LogP contribution in [0.25, 0.3) is 11.1 Å². The molecule has 0 radical (unpaired) electrons. The van der Waals surface area contributed by atoms with E-state index in [1.54, 1.807) is 48.5 Å². The fraction of sp³-hybridized carbons (Fsp3) is 0.286. The lowest BCUT2D eigenvalue weighted by atomic mass is 9.88. The van der Waals surface area contributed by atoms with E-state index in [0.717, 1.165) is 27.8 Å². The Morgan fingerprint density at radius 1 is 0.730 bits per heavy atom. The number of hydrogen-bond acceptors (Lipinski definition) is 7. The molecule has 0 saturated carbocycles. The summed E-state index contributed by atoms with van der Waals surface area (Å²) in [7, 11) is -6.71. The third-order valence-electron chi connectivity index (χ3n) is 5.71. The third kappa shape index (κ3) is 7.75. The number of aliphatic hydroxyl groups is 1. The van der Waals surface area contributed by atoms with Gasteiger partial charge in [0.15, 0.2) is 19.7 Å². The van der Waals surface area contributed by atoms with E-state index in [1.165, 1.54) is 12.5 Å². The van der Waals surface area contributed by atoms with E-state index in [1.807, 2.05) is 31.2 Å². The Hall–Kier alpha value is -2.98. The van der Waals surface area contributed by atoms with Gasteiger partial charge in [-0.15, -0.1) is 0 Å². The van der Waals surface area contributed by atoms with Gasteiger partial charge in [0.05, 0.1) is 29.6 Å². The Kier molecular flexibility index (Phi) is 9.67. The van der Waals surface area contributed by atoms with Crippen molar-refractivity contribution < 1.29 is 31.4 Å². The summed E-state index contributed by atoms with van der Waals surface area (Å²) in [5, 5.41) is 8.83. The third-order valence-corrected chi connectivity index (χ3v) is 7.97. The molecule has 0 spiro atoms. The number of hydrogen-bond donors (Lipinski definition) is 1. The smallest absolute Gasteiger partial charge is 0.175 e. The molecule has 198 valence electrons. The summed E-state index contributed by atoms with van der Waals surface area (Å²) in [5.41, 5.74) is 4.39. The average molecular weight is 545 g/mol. The largest absolute Gasteiger partial charge is 0.491 e. The van der Waals surface area contributed by atoms with Crippen molar-refractivity contribution in [2.24, 2.45) is 0 Å². The van der Waals surface area contributed by atoms with Gasteiger partial charge in [-0.3, -0.25) is 0 Å². The Morgan fingerprint density at radius 3 is 1.73 bits per heavy atom. The highest BCUT2D eigenvalue weighted by Crippen LogP contribution is 2.36. The van der Waals surface area contributed by atoms with Crippen molar-refractivity contribution in [1.82, 2.24) is 0 Å². The van der Waals surface area contributed by atoms with E-state index in [4.69, 9.17) is 14.6 Å². The molecule has 0 fully saturated rings. The van der Waals surface area contributed by atoms with Gasteiger partial charge in [0.2, 0.25) is 0 Å².